The quantitative estimate of drug-likeness (QED) is 0.678. The minimum Gasteiger partial charge on any atom is -0.477 e. The Labute approximate surface area is 169 Å². The number of pyridine rings is 1. The van der Waals surface area contributed by atoms with Crippen molar-refractivity contribution in [2.45, 2.75) is 18.6 Å². The van der Waals surface area contributed by atoms with E-state index >= 15 is 0 Å². The molecule has 0 fully saturated rings. The first-order valence-corrected chi connectivity index (χ1v) is 9.64. The van der Waals surface area contributed by atoms with Gasteiger partial charge in [-0.2, -0.15) is 0 Å². The van der Waals surface area contributed by atoms with Gasteiger partial charge < -0.3 is 20.1 Å². The minimum atomic E-state index is -0.711. The molecule has 6 nitrogen and oxygen atoms in total. The van der Waals surface area contributed by atoms with Gasteiger partial charge in [0.15, 0.2) is 6.10 Å². The fraction of sp³-hybridized carbons (Fsp3) is 0.217. The zero-order valence-corrected chi connectivity index (χ0v) is 15.9. The molecule has 2 atom stereocenters. The molecule has 1 aliphatic heterocycles. The number of anilines is 2. The molecule has 3 aromatic rings. The lowest BCUT2D eigenvalue weighted by Crippen LogP contribution is -2.51. The molecule has 1 amide bonds. The highest BCUT2D eigenvalue weighted by atomic mass is 16.5. The van der Waals surface area contributed by atoms with E-state index in [1.165, 1.54) is 0 Å². The maximum absolute atomic E-state index is 12.9. The molecular weight excluding hydrogens is 366 g/mol. The summed E-state index contributed by atoms with van der Waals surface area (Å²) in [5, 5.41) is 12.7. The van der Waals surface area contributed by atoms with Crippen LogP contribution in [-0.2, 0) is 11.2 Å². The van der Waals surface area contributed by atoms with Crippen molar-refractivity contribution in [1.82, 2.24) is 10.3 Å². The van der Waals surface area contributed by atoms with Crippen molar-refractivity contribution >= 4 is 17.4 Å². The van der Waals surface area contributed by atoms with Gasteiger partial charge in [-0.05, 0) is 36.2 Å². The molecule has 0 bridgehead atoms. The topological polar surface area (TPSA) is 74.7 Å². The standard InChI is InChI=1S/C23H23N3O3/c27-16-18(14-17-8-2-1-3-9-17)25-23(28)21-15-26(22-12-6-7-13-24-22)19-10-4-5-11-20(19)29-21/h1-13,18,21,27H,14-16H2,(H,25,28). The summed E-state index contributed by atoms with van der Waals surface area (Å²) in [5.41, 5.74) is 1.93. The van der Waals surface area contributed by atoms with Crippen LogP contribution in [-0.4, -0.2) is 41.3 Å². The zero-order valence-electron chi connectivity index (χ0n) is 15.9. The van der Waals surface area contributed by atoms with Crippen molar-refractivity contribution in [2.75, 3.05) is 18.1 Å². The molecule has 2 N–H and O–H groups in total. The molecule has 2 aromatic carbocycles. The Bertz CT molecular complexity index is 950. The third kappa shape index (κ3) is 4.38. The lowest BCUT2D eigenvalue weighted by Gasteiger charge is -2.35. The van der Waals surface area contributed by atoms with E-state index in [1.54, 1.807) is 6.20 Å². The van der Waals surface area contributed by atoms with E-state index in [9.17, 15) is 9.90 Å². The van der Waals surface area contributed by atoms with Gasteiger partial charge in [-0.15, -0.1) is 0 Å². The minimum absolute atomic E-state index is 0.145. The van der Waals surface area contributed by atoms with Crippen LogP contribution in [0.25, 0.3) is 0 Å². The number of fused-ring (bicyclic) bond motifs is 1. The molecule has 0 radical (unpaired) electrons. The number of aromatic nitrogens is 1. The molecule has 0 saturated carbocycles. The number of para-hydroxylation sites is 2. The van der Waals surface area contributed by atoms with Crippen LogP contribution in [0.5, 0.6) is 5.75 Å². The van der Waals surface area contributed by atoms with E-state index in [4.69, 9.17) is 4.74 Å². The van der Waals surface area contributed by atoms with Crippen LogP contribution >= 0.6 is 0 Å². The maximum Gasteiger partial charge on any atom is 0.263 e. The van der Waals surface area contributed by atoms with Crippen LogP contribution in [0, 0.1) is 0 Å². The molecule has 0 spiro atoms. The van der Waals surface area contributed by atoms with Crippen LogP contribution in [0.1, 0.15) is 5.56 Å². The summed E-state index contributed by atoms with van der Waals surface area (Å²) in [5.74, 6) is 1.13. The number of amides is 1. The lowest BCUT2D eigenvalue weighted by atomic mass is 10.1. The Morgan fingerprint density at radius 1 is 1.10 bits per heavy atom. The lowest BCUT2D eigenvalue weighted by molar-refractivity contribution is -0.128. The van der Waals surface area contributed by atoms with Crippen molar-refractivity contribution in [3.8, 4) is 5.75 Å². The molecule has 4 rings (SSSR count). The molecule has 6 heteroatoms. The Hall–Kier alpha value is -3.38. The highest BCUT2D eigenvalue weighted by molar-refractivity contribution is 5.84. The second kappa shape index (κ2) is 8.75. The Morgan fingerprint density at radius 2 is 1.86 bits per heavy atom. The maximum atomic E-state index is 12.9. The molecule has 29 heavy (non-hydrogen) atoms. The summed E-state index contributed by atoms with van der Waals surface area (Å²) < 4.78 is 5.98. The van der Waals surface area contributed by atoms with E-state index in [2.05, 4.69) is 10.3 Å². The van der Waals surface area contributed by atoms with Crippen molar-refractivity contribution in [3.05, 3.63) is 84.6 Å². The van der Waals surface area contributed by atoms with Gasteiger partial charge in [0.1, 0.15) is 11.6 Å². The summed E-state index contributed by atoms with van der Waals surface area (Å²) in [6, 6.07) is 22.7. The van der Waals surface area contributed by atoms with Gasteiger partial charge >= 0.3 is 0 Å². The highest BCUT2D eigenvalue weighted by Gasteiger charge is 2.32. The largest absolute Gasteiger partial charge is 0.477 e. The van der Waals surface area contributed by atoms with Gasteiger partial charge in [0.05, 0.1) is 24.9 Å². The van der Waals surface area contributed by atoms with Crippen LogP contribution in [0.15, 0.2) is 79.0 Å². The van der Waals surface area contributed by atoms with E-state index in [0.717, 1.165) is 17.1 Å². The van der Waals surface area contributed by atoms with Gasteiger partial charge in [-0.25, -0.2) is 4.98 Å². The number of aliphatic hydroxyl groups excluding tert-OH is 1. The van der Waals surface area contributed by atoms with Gasteiger partial charge in [-0.1, -0.05) is 48.5 Å². The highest BCUT2D eigenvalue weighted by Crippen LogP contribution is 2.37. The second-order valence-corrected chi connectivity index (χ2v) is 6.95. The number of ether oxygens (including phenoxy) is 1. The molecule has 148 valence electrons. The third-order valence-electron chi connectivity index (χ3n) is 4.88. The molecule has 2 unspecified atom stereocenters. The van der Waals surface area contributed by atoms with Crippen LogP contribution < -0.4 is 15.0 Å². The summed E-state index contributed by atoms with van der Waals surface area (Å²) >= 11 is 0. The number of rotatable bonds is 6. The number of hydrogen-bond acceptors (Lipinski definition) is 5. The number of hydrogen-bond donors (Lipinski definition) is 2. The predicted octanol–water partition coefficient (Wildman–Crippen LogP) is 2.70. The molecule has 0 aliphatic carbocycles. The van der Waals surface area contributed by atoms with Gasteiger partial charge in [0.25, 0.3) is 5.91 Å². The molecular formula is C23H23N3O3. The average molecular weight is 389 g/mol. The Kier molecular flexibility index (Phi) is 5.72. The first-order chi connectivity index (χ1) is 14.2. The van der Waals surface area contributed by atoms with E-state index in [1.807, 2.05) is 77.7 Å². The summed E-state index contributed by atoms with van der Waals surface area (Å²) in [7, 11) is 0. The number of nitrogens with one attached hydrogen (secondary N) is 1. The van der Waals surface area contributed by atoms with Crippen molar-refractivity contribution in [2.24, 2.45) is 0 Å². The molecule has 1 aromatic heterocycles. The van der Waals surface area contributed by atoms with Crippen LogP contribution in [0.3, 0.4) is 0 Å². The molecule has 1 aliphatic rings. The summed E-state index contributed by atoms with van der Waals surface area (Å²) in [4.78, 5) is 19.4. The number of nitrogens with zero attached hydrogens (tertiary/aromatic N) is 2. The Balaban J connectivity index is 1.51. The first kappa shape index (κ1) is 19.0. The number of carbonyl (C=O) groups excluding carboxylic acids is 1. The zero-order chi connectivity index (χ0) is 20.1. The van der Waals surface area contributed by atoms with Crippen LogP contribution in [0.2, 0.25) is 0 Å². The van der Waals surface area contributed by atoms with E-state index in [0.29, 0.717) is 18.7 Å². The SMILES string of the molecule is O=C(NC(CO)Cc1ccccc1)C1CN(c2ccccn2)c2ccccc2O1. The van der Waals surface area contributed by atoms with Crippen molar-refractivity contribution in [3.63, 3.8) is 0 Å². The normalized spacial score (nSPS) is 16.4. The van der Waals surface area contributed by atoms with E-state index in [-0.39, 0.29) is 18.6 Å². The number of benzene rings is 2. The average Bonchev–Trinajstić information content (AvgIpc) is 2.79. The number of carbonyl (C=O) groups is 1. The van der Waals surface area contributed by atoms with Crippen molar-refractivity contribution in [1.29, 1.82) is 0 Å². The Morgan fingerprint density at radius 3 is 2.62 bits per heavy atom. The van der Waals surface area contributed by atoms with Crippen LogP contribution in [0.4, 0.5) is 11.5 Å². The van der Waals surface area contributed by atoms with Gasteiger partial charge in [-0.3, -0.25) is 4.79 Å². The van der Waals surface area contributed by atoms with Crippen molar-refractivity contribution < 1.29 is 14.6 Å². The first-order valence-electron chi connectivity index (χ1n) is 9.64. The van der Waals surface area contributed by atoms with Gasteiger partial charge in [0, 0.05) is 6.20 Å². The molecule has 2 heterocycles. The predicted molar refractivity (Wildman–Crippen MR) is 111 cm³/mol. The van der Waals surface area contributed by atoms with Gasteiger partial charge in [0.2, 0.25) is 0 Å². The fourth-order valence-corrected chi connectivity index (χ4v) is 3.46. The monoisotopic (exact) mass is 389 g/mol. The summed E-state index contributed by atoms with van der Waals surface area (Å²) in [6.07, 6.45) is 1.57. The fourth-order valence-electron chi connectivity index (χ4n) is 3.46. The number of aliphatic hydroxyl groups is 1. The summed E-state index contributed by atoms with van der Waals surface area (Å²) in [6.45, 7) is 0.192. The second-order valence-electron chi connectivity index (χ2n) is 6.95. The van der Waals surface area contributed by atoms with E-state index < -0.39 is 6.10 Å². The molecule has 0 saturated heterocycles. The smallest absolute Gasteiger partial charge is 0.263 e. The third-order valence-corrected chi connectivity index (χ3v) is 4.88.